The molecule has 1 N–H and O–H groups in total. The third-order valence-electron chi connectivity index (χ3n) is 4.03. The van der Waals surface area contributed by atoms with Gasteiger partial charge in [-0.05, 0) is 58.3 Å². The highest BCUT2D eigenvalue weighted by Crippen LogP contribution is 2.13. The van der Waals surface area contributed by atoms with Crippen LogP contribution in [-0.4, -0.2) is 41.6 Å². The van der Waals surface area contributed by atoms with Crippen LogP contribution in [0.5, 0.6) is 0 Å². The summed E-state index contributed by atoms with van der Waals surface area (Å²) in [6, 6.07) is 7.52. The number of likely N-dealkylation sites (tertiary alicyclic amines) is 1. The first-order chi connectivity index (χ1) is 9.25. The summed E-state index contributed by atoms with van der Waals surface area (Å²) in [5.74, 6) is 0. The third-order valence-corrected chi connectivity index (χ3v) is 4.03. The lowest BCUT2D eigenvalue weighted by atomic mass is 10.1. The maximum absolute atomic E-state index is 4.37. The number of pyridine rings is 1. The molecule has 0 amide bonds. The largest absolute Gasteiger partial charge is 0.314 e. The van der Waals surface area contributed by atoms with Gasteiger partial charge in [0.05, 0.1) is 0 Å². The fraction of sp³-hybridized carbons (Fsp3) is 0.688. The zero-order valence-electron chi connectivity index (χ0n) is 12.3. The molecule has 2 heterocycles. The van der Waals surface area contributed by atoms with Crippen LogP contribution in [0.2, 0.25) is 0 Å². The number of rotatable bonds is 5. The van der Waals surface area contributed by atoms with Crippen LogP contribution in [0.25, 0.3) is 0 Å². The van der Waals surface area contributed by atoms with E-state index in [1.54, 1.807) is 0 Å². The van der Waals surface area contributed by atoms with Gasteiger partial charge in [-0.1, -0.05) is 6.07 Å². The molecule has 1 aromatic rings. The predicted octanol–water partition coefficient (Wildman–Crippen LogP) is 2.48. The summed E-state index contributed by atoms with van der Waals surface area (Å²) in [6.07, 6.45) is 6.82. The molecule has 0 aliphatic carbocycles. The molecule has 1 saturated heterocycles. The lowest BCUT2D eigenvalue weighted by Gasteiger charge is -2.24. The van der Waals surface area contributed by atoms with Crippen LogP contribution in [0, 0.1) is 0 Å². The van der Waals surface area contributed by atoms with Crippen LogP contribution < -0.4 is 5.32 Å². The monoisotopic (exact) mass is 261 g/mol. The molecule has 106 valence electrons. The molecule has 19 heavy (non-hydrogen) atoms. The van der Waals surface area contributed by atoms with Gasteiger partial charge in [-0.25, -0.2) is 0 Å². The maximum atomic E-state index is 4.37. The van der Waals surface area contributed by atoms with Gasteiger partial charge in [0, 0.05) is 36.9 Å². The first kappa shape index (κ1) is 14.5. The summed E-state index contributed by atoms with van der Waals surface area (Å²) in [5.41, 5.74) is 1.19. The minimum Gasteiger partial charge on any atom is -0.314 e. The molecule has 0 radical (unpaired) electrons. The van der Waals surface area contributed by atoms with Gasteiger partial charge in [-0.15, -0.1) is 0 Å². The lowest BCUT2D eigenvalue weighted by molar-refractivity contribution is 0.229. The minimum atomic E-state index is 0.687. The maximum Gasteiger partial charge on any atom is 0.0416 e. The van der Waals surface area contributed by atoms with E-state index in [1.807, 2.05) is 12.3 Å². The van der Waals surface area contributed by atoms with Crippen molar-refractivity contribution in [3.05, 3.63) is 30.1 Å². The molecule has 1 unspecified atom stereocenters. The quantitative estimate of drug-likeness (QED) is 0.882. The summed E-state index contributed by atoms with van der Waals surface area (Å²) in [4.78, 5) is 6.96. The fourth-order valence-corrected chi connectivity index (χ4v) is 2.79. The van der Waals surface area contributed by atoms with E-state index >= 15 is 0 Å². The predicted molar refractivity (Wildman–Crippen MR) is 80.3 cm³/mol. The Morgan fingerprint density at radius 3 is 2.95 bits per heavy atom. The van der Waals surface area contributed by atoms with E-state index in [0.717, 1.165) is 13.0 Å². The molecule has 0 spiro atoms. The normalized spacial score (nSPS) is 21.5. The Bertz CT molecular complexity index is 350. The van der Waals surface area contributed by atoms with Crippen LogP contribution in [0.4, 0.5) is 0 Å². The van der Waals surface area contributed by atoms with E-state index in [1.165, 1.54) is 38.0 Å². The Morgan fingerprint density at radius 1 is 1.32 bits per heavy atom. The molecule has 1 aliphatic rings. The van der Waals surface area contributed by atoms with E-state index in [-0.39, 0.29) is 0 Å². The van der Waals surface area contributed by atoms with Crippen LogP contribution in [-0.2, 0) is 6.42 Å². The van der Waals surface area contributed by atoms with E-state index in [9.17, 15) is 0 Å². The second kappa shape index (κ2) is 7.61. The Balaban J connectivity index is 1.69. The van der Waals surface area contributed by atoms with Crippen molar-refractivity contribution in [1.29, 1.82) is 0 Å². The number of nitrogens with zero attached hydrogens (tertiary/aromatic N) is 2. The summed E-state index contributed by atoms with van der Waals surface area (Å²) in [6.45, 7) is 8.14. The first-order valence-corrected chi connectivity index (χ1v) is 7.63. The molecule has 1 aromatic heterocycles. The van der Waals surface area contributed by atoms with Gasteiger partial charge in [0.2, 0.25) is 0 Å². The smallest absolute Gasteiger partial charge is 0.0416 e. The third kappa shape index (κ3) is 4.92. The van der Waals surface area contributed by atoms with E-state index < -0.39 is 0 Å². The Labute approximate surface area is 117 Å². The number of hydrogen-bond acceptors (Lipinski definition) is 3. The van der Waals surface area contributed by atoms with Gasteiger partial charge in [-0.2, -0.15) is 0 Å². The molecular weight excluding hydrogens is 234 g/mol. The highest BCUT2D eigenvalue weighted by Gasteiger charge is 2.17. The molecule has 0 aromatic carbocycles. The first-order valence-electron chi connectivity index (χ1n) is 7.63. The van der Waals surface area contributed by atoms with Crippen molar-refractivity contribution in [2.75, 3.05) is 19.6 Å². The van der Waals surface area contributed by atoms with E-state index in [2.05, 4.69) is 41.2 Å². The summed E-state index contributed by atoms with van der Waals surface area (Å²) in [7, 11) is 0. The molecular formula is C16H27N3. The van der Waals surface area contributed by atoms with Crippen molar-refractivity contribution in [2.45, 2.75) is 51.6 Å². The highest BCUT2D eigenvalue weighted by molar-refractivity contribution is 5.03. The number of nitrogens with one attached hydrogen (secondary N) is 1. The zero-order chi connectivity index (χ0) is 13.5. The van der Waals surface area contributed by atoms with E-state index in [4.69, 9.17) is 0 Å². The van der Waals surface area contributed by atoms with Crippen molar-refractivity contribution in [2.24, 2.45) is 0 Å². The van der Waals surface area contributed by atoms with Gasteiger partial charge in [0.25, 0.3) is 0 Å². The van der Waals surface area contributed by atoms with Gasteiger partial charge in [0.15, 0.2) is 0 Å². The van der Waals surface area contributed by atoms with Crippen molar-refractivity contribution in [3.63, 3.8) is 0 Å². The van der Waals surface area contributed by atoms with Gasteiger partial charge in [0.1, 0.15) is 0 Å². The topological polar surface area (TPSA) is 28.2 Å². The van der Waals surface area contributed by atoms with E-state index in [0.29, 0.717) is 12.1 Å². The minimum absolute atomic E-state index is 0.687. The second-order valence-electron chi connectivity index (χ2n) is 5.78. The van der Waals surface area contributed by atoms with Crippen LogP contribution in [0.15, 0.2) is 24.4 Å². The van der Waals surface area contributed by atoms with Crippen molar-refractivity contribution >= 4 is 0 Å². The average molecular weight is 261 g/mol. The zero-order valence-corrected chi connectivity index (χ0v) is 12.3. The van der Waals surface area contributed by atoms with Gasteiger partial charge in [-0.3, -0.25) is 4.98 Å². The SMILES string of the molecule is CC(C)N1CCCC(NCCc2ccccn2)CC1. The van der Waals surface area contributed by atoms with Crippen LogP contribution in [0.1, 0.15) is 38.8 Å². The van der Waals surface area contributed by atoms with Crippen LogP contribution in [0.3, 0.4) is 0 Å². The average Bonchev–Trinajstić information content (AvgIpc) is 2.66. The van der Waals surface area contributed by atoms with Crippen molar-refractivity contribution in [3.8, 4) is 0 Å². The molecule has 1 aliphatic heterocycles. The lowest BCUT2D eigenvalue weighted by Crippen LogP contribution is -2.34. The van der Waals surface area contributed by atoms with Gasteiger partial charge < -0.3 is 10.2 Å². The molecule has 3 nitrogen and oxygen atoms in total. The molecule has 1 atom stereocenters. The fourth-order valence-electron chi connectivity index (χ4n) is 2.79. The molecule has 3 heteroatoms. The van der Waals surface area contributed by atoms with Crippen LogP contribution >= 0.6 is 0 Å². The molecule has 2 rings (SSSR count). The number of hydrogen-bond donors (Lipinski definition) is 1. The molecule has 0 bridgehead atoms. The molecule has 0 saturated carbocycles. The standard InChI is InChI=1S/C16H27N3/c1-14(2)19-12-5-7-16(9-13-19)18-11-8-15-6-3-4-10-17-15/h3-4,6,10,14,16,18H,5,7-9,11-13H2,1-2H3. The number of aromatic nitrogens is 1. The summed E-state index contributed by atoms with van der Waals surface area (Å²) in [5, 5.41) is 3.70. The Hall–Kier alpha value is -0.930. The molecule has 1 fully saturated rings. The van der Waals surface area contributed by atoms with Crippen molar-refractivity contribution < 1.29 is 0 Å². The second-order valence-corrected chi connectivity index (χ2v) is 5.78. The summed E-state index contributed by atoms with van der Waals surface area (Å²) >= 11 is 0. The highest BCUT2D eigenvalue weighted by atomic mass is 15.1. The van der Waals surface area contributed by atoms with Crippen molar-refractivity contribution in [1.82, 2.24) is 15.2 Å². The van der Waals surface area contributed by atoms with Gasteiger partial charge >= 0.3 is 0 Å². The summed E-state index contributed by atoms with van der Waals surface area (Å²) < 4.78 is 0. The Kier molecular flexibility index (Phi) is 5.80. The Morgan fingerprint density at radius 2 is 2.21 bits per heavy atom.